The summed E-state index contributed by atoms with van der Waals surface area (Å²) < 4.78 is 32.2. The first-order valence-corrected chi connectivity index (χ1v) is 11.9. The molecule has 30 heavy (non-hydrogen) atoms. The van der Waals surface area contributed by atoms with Crippen LogP contribution in [0, 0.1) is 20.8 Å². The smallest absolute Gasteiger partial charge is 0.244 e. The van der Waals surface area contributed by atoms with Crippen LogP contribution in [0.5, 0.6) is 5.75 Å². The van der Waals surface area contributed by atoms with Gasteiger partial charge in [-0.25, -0.2) is 8.42 Å². The first kappa shape index (κ1) is 23.7. The van der Waals surface area contributed by atoms with Gasteiger partial charge in [-0.1, -0.05) is 31.2 Å². The molecule has 0 aliphatic heterocycles. The molecule has 0 aromatic heterocycles. The van der Waals surface area contributed by atoms with E-state index in [1.165, 1.54) is 4.31 Å². The number of ether oxygens (including phenoxy) is 1. The van der Waals surface area contributed by atoms with Crippen molar-refractivity contribution in [3.8, 4) is 5.75 Å². The number of benzene rings is 2. The lowest BCUT2D eigenvalue weighted by atomic mass is 10.1. The van der Waals surface area contributed by atoms with Crippen LogP contribution < -0.4 is 14.4 Å². The lowest BCUT2D eigenvalue weighted by Crippen LogP contribution is -2.52. The number of nitrogens with one attached hydrogen (secondary N) is 1. The summed E-state index contributed by atoms with van der Waals surface area (Å²) >= 11 is 0. The van der Waals surface area contributed by atoms with Crippen LogP contribution >= 0.6 is 0 Å². The molecular weight excluding hydrogens is 400 g/mol. The van der Waals surface area contributed by atoms with Gasteiger partial charge in [-0.15, -0.1) is 0 Å². The fourth-order valence-corrected chi connectivity index (χ4v) is 4.44. The van der Waals surface area contributed by atoms with E-state index in [0.29, 0.717) is 12.1 Å². The molecule has 2 atom stereocenters. The maximum absolute atomic E-state index is 13.0. The first-order chi connectivity index (χ1) is 14.0. The van der Waals surface area contributed by atoms with Gasteiger partial charge in [0.15, 0.2) is 0 Å². The molecule has 0 bridgehead atoms. The van der Waals surface area contributed by atoms with Gasteiger partial charge >= 0.3 is 0 Å². The van der Waals surface area contributed by atoms with E-state index >= 15 is 0 Å². The quantitative estimate of drug-likeness (QED) is 0.655. The van der Waals surface area contributed by atoms with Crippen LogP contribution in [0.1, 0.15) is 37.0 Å². The topological polar surface area (TPSA) is 75.7 Å². The second kappa shape index (κ2) is 9.98. The summed E-state index contributed by atoms with van der Waals surface area (Å²) in [5.74, 6) is 0.417. The predicted octanol–water partition coefficient (Wildman–Crippen LogP) is 3.74. The Bertz CT molecular complexity index is 988. The fourth-order valence-electron chi connectivity index (χ4n) is 3.24. The Morgan fingerprint density at radius 1 is 1.07 bits per heavy atom. The van der Waals surface area contributed by atoms with E-state index in [4.69, 9.17) is 4.74 Å². The summed E-state index contributed by atoms with van der Waals surface area (Å²) in [5, 5.41) is 2.90. The maximum atomic E-state index is 13.0. The molecule has 7 heteroatoms. The number of hydrogen-bond donors (Lipinski definition) is 1. The molecule has 0 spiro atoms. The van der Waals surface area contributed by atoms with Crippen LogP contribution in [0.15, 0.2) is 42.5 Å². The van der Waals surface area contributed by atoms with E-state index in [2.05, 4.69) is 5.32 Å². The molecule has 2 aromatic rings. The van der Waals surface area contributed by atoms with Crippen LogP contribution in [0.4, 0.5) is 5.69 Å². The lowest BCUT2D eigenvalue weighted by molar-refractivity contribution is -0.123. The van der Waals surface area contributed by atoms with Crippen molar-refractivity contribution in [2.45, 2.75) is 53.1 Å². The molecule has 164 valence electrons. The third kappa shape index (κ3) is 5.98. The number of anilines is 1. The minimum Gasteiger partial charge on any atom is -0.491 e. The standard InChI is InChI=1S/C23H32N2O4S/c1-7-21(25(30(6,27)28)20-13-12-16(2)18(4)14-20)23(26)24-19(5)15-29-22-11-9-8-10-17(22)3/h8-14,19,21H,7,15H2,1-6H3,(H,24,26)/t19-,21-/m0/s1. The van der Waals surface area contributed by atoms with Gasteiger partial charge in [-0.3, -0.25) is 9.10 Å². The number of para-hydroxylation sites is 1. The van der Waals surface area contributed by atoms with Crippen LogP contribution in [-0.4, -0.2) is 39.3 Å². The number of carbonyl (C=O) groups is 1. The zero-order chi connectivity index (χ0) is 22.5. The van der Waals surface area contributed by atoms with Crippen molar-refractivity contribution in [2.75, 3.05) is 17.2 Å². The minimum absolute atomic E-state index is 0.285. The fraction of sp³-hybridized carbons (Fsp3) is 0.435. The third-order valence-electron chi connectivity index (χ3n) is 5.05. The van der Waals surface area contributed by atoms with Gasteiger partial charge in [0.2, 0.25) is 15.9 Å². The predicted molar refractivity (Wildman–Crippen MR) is 122 cm³/mol. The van der Waals surface area contributed by atoms with Gasteiger partial charge in [0.1, 0.15) is 18.4 Å². The van der Waals surface area contributed by atoms with Crippen molar-refractivity contribution in [3.63, 3.8) is 0 Å². The Kier molecular flexibility index (Phi) is 7.89. The highest BCUT2D eigenvalue weighted by Gasteiger charge is 2.32. The molecule has 1 amide bonds. The van der Waals surface area contributed by atoms with Crippen LogP contribution in [-0.2, 0) is 14.8 Å². The SMILES string of the molecule is CC[C@@H](C(=O)N[C@@H](C)COc1ccccc1C)N(c1ccc(C)c(C)c1)S(C)(=O)=O. The van der Waals surface area contributed by atoms with Crippen molar-refractivity contribution in [3.05, 3.63) is 59.2 Å². The molecule has 0 fully saturated rings. The number of aryl methyl sites for hydroxylation is 3. The largest absolute Gasteiger partial charge is 0.491 e. The van der Waals surface area contributed by atoms with E-state index in [0.717, 1.165) is 28.7 Å². The Morgan fingerprint density at radius 3 is 2.30 bits per heavy atom. The van der Waals surface area contributed by atoms with Gasteiger partial charge in [-0.05, 0) is 69.0 Å². The summed E-state index contributed by atoms with van der Waals surface area (Å²) in [6, 6.07) is 11.9. The van der Waals surface area contributed by atoms with Gasteiger partial charge < -0.3 is 10.1 Å². The molecule has 0 aliphatic rings. The van der Waals surface area contributed by atoms with Crippen molar-refractivity contribution in [1.29, 1.82) is 0 Å². The first-order valence-electron chi connectivity index (χ1n) is 10.1. The summed E-state index contributed by atoms with van der Waals surface area (Å²) in [6.45, 7) is 9.77. The molecule has 6 nitrogen and oxygen atoms in total. The highest BCUT2D eigenvalue weighted by molar-refractivity contribution is 7.92. The highest BCUT2D eigenvalue weighted by Crippen LogP contribution is 2.25. The average Bonchev–Trinajstić information content (AvgIpc) is 2.66. The van der Waals surface area contributed by atoms with E-state index in [1.54, 1.807) is 19.1 Å². The minimum atomic E-state index is -3.66. The number of rotatable bonds is 9. The van der Waals surface area contributed by atoms with Crippen LogP contribution in [0.2, 0.25) is 0 Å². The number of amides is 1. The van der Waals surface area contributed by atoms with E-state index < -0.39 is 16.1 Å². The summed E-state index contributed by atoms with van der Waals surface area (Å²) in [7, 11) is -3.66. The second-order valence-corrected chi connectivity index (χ2v) is 9.60. The Balaban J connectivity index is 2.17. The Morgan fingerprint density at radius 2 is 1.73 bits per heavy atom. The number of hydrogen-bond acceptors (Lipinski definition) is 4. The molecule has 2 rings (SSSR count). The summed E-state index contributed by atoms with van der Waals surface area (Å²) in [5.41, 5.74) is 3.54. The molecule has 0 saturated carbocycles. The maximum Gasteiger partial charge on any atom is 0.244 e. The normalized spacial score (nSPS) is 13.4. The molecule has 1 N–H and O–H groups in total. The second-order valence-electron chi connectivity index (χ2n) is 7.74. The van der Waals surface area contributed by atoms with E-state index in [1.807, 2.05) is 58.0 Å². The van der Waals surface area contributed by atoms with Crippen molar-refractivity contribution in [1.82, 2.24) is 5.32 Å². The van der Waals surface area contributed by atoms with Gasteiger partial charge in [0, 0.05) is 0 Å². The van der Waals surface area contributed by atoms with E-state index in [9.17, 15) is 13.2 Å². The molecule has 2 aromatic carbocycles. The molecule has 0 saturated heterocycles. The summed E-state index contributed by atoms with van der Waals surface area (Å²) in [6.07, 6.45) is 1.47. The van der Waals surface area contributed by atoms with Gasteiger partial charge in [0.25, 0.3) is 0 Å². The highest BCUT2D eigenvalue weighted by atomic mass is 32.2. The molecule has 0 radical (unpaired) electrons. The zero-order valence-corrected chi connectivity index (χ0v) is 19.4. The number of carbonyl (C=O) groups excluding carboxylic acids is 1. The number of sulfonamides is 1. The van der Waals surface area contributed by atoms with Crippen molar-refractivity contribution >= 4 is 21.6 Å². The van der Waals surface area contributed by atoms with Crippen molar-refractivity contribution in [2.24, 2.45) is 0 Å². The molecular formula is C23H32N2O4S. The summed E-state index contributed by atoms with van der Waals surface area (Å²) in [4.78, 5) is 13.0. The average molecular weight is 433 g/mol. The zero-order valence-electron chi connectivity index (χ0n) is 18.6. The van der Waals surface area contributed by atoms with Crippen molar-refractivity contribution < 1.29 is 17.9 Å². The number of nitrogens with zero attached hydrogens (tertiary/aromatic N) is 1. The molecule has 0 aliphatic carbocycles. The monoisotopic (exact) mass is 432 g/mol. The van der Waals surface area contributed by atoms with Gasteiger partial charge in [0.05, 0.1) is 18.0 Å². The van der Waals surface area contributed by atoms with E-state index in [-0.39, 0.29) is 18.6 Å². The Hall–Kier alpha value is -2.54. The van der Waals surface area contributed by atoms with Gasteiger partial charge in [-0.2, -0.15) is 0 Å². The molecule has 0 heterocycles. The third-order valence-corrected chi connectivity index (χ3v) is 6.23. The lowest BCUT2D eigenvalue weighted by Gasteiger charge is -2.31. The van der Waals surface area contributed by atoms with Crippen LogP contribution in [0.3, 0.4) is 0 Å². The van der Waals surface area contributed by atoms with Crippen LogP contribution in [0.25, 0.3) is 0 Å². The molecule has 0 unspecified atom stereocenters. The Labute approximate surface area is 180 Å².